The Balaban J connectivity index is 1.68. The van der Waals surface area contributed by atoms with E-state index < -0.39 is 27.8 Å². The number of anilines is 2. The first-order valence-electron chi connectivity index (χ1n) is 10.5. The Hall–Kier alpha value is -3.12. The van der Waals surface area contributed by atoms with Crippen molar-refractivity contribution in [2.75, 3.05) is 29.3 Å². The number of hydrogen-bond acceptors (Lipinski definition) is 7. The van der Waals surface area contributed by atoms with Gasteiger partial charge in [-0.15, -0.1) is 10.2 Å². The van der Waals surface area contributed by atoms with Crippen molar-refractivity contribution in [3.05, 3.63) is 64.8 Å². The molecule has 1 aromatic carbocycles. The van der Waals surface area contributed by atoms with E-state index in [1.54, 1.807) is 41.1 Å². The van der Waals surface area contributed by atoms with Crippen molar-refractivity contribution in [2.45, 2.75) is 11.7 Å². The van der Waals surface area contributed by atoms with Crippen LogP contribution in [0.2, 0.25) is 0 Å². The lowest BCUT2D eigenvalue weighted by molar-refractivity contribution is -0.135. The molecule has 3 N–H and O–H groups in total. The first-order valence-corrected chi connectivity index (χ1v) is 12.7. The number of fused-ring (bicyclic) bond motifs is 1. The number of carbonyl (C=O) groups is 1. The molecule has 1 aliphatic carbocycles. The maximum atomic E-state index is 13.4. The highest BCUT2D eigenvalue weighted by atomic mass is 35.5. The number of carboxylic acid groups (broad SMARTS) is 1. The van der Waals surface area contributed by atoms with Crippen LogP contribution in [0.1, 0.15) is 6.42 Å². The monoisotopic (exact) mass is 537 g/mol. The van der Waals surface area contributed by atoms with Crippen LogP contribution in [0, 0.1) is 0 Å². The number of aliphatic hydroxyl groups is 1. The fourth-order valence-electron chi connectivity index (χ4n) is 3.71. The largest absolute Gasteiger partial charge is 0.480 e. The van der Waals surface area contributed by atoms with E-state index in [-0.39, 0.29) is 28.8 Å². The summed E-state index contributed by atoms with van der Waals surface area (Å²) >= 11 is 12.1. The van der Waals surface area contributed by atoms with E-state index in [9.17, 15) is 18.3 Å². The highest BCUT2D eigenvalue weighted by Gasteiger charge is 2.34. The molecule has 0 spiro atoms. The molecule has 2 heterocycles. The smallest absolute Gasteiger partial charge is 0.324 e. The molecule has 0 bridgehead atoms. The van der Waals surface area contributed by atoms with Gasteiger partial charge in [-0.1, -0.05) is 23.2 Å². The maximum absolute atomic E-state index is 13.4. The SMILES string of the molecule is O=C(O)CN(c1ccc2c(ccn2-c2ccc(NCCO)nn2)c1)S(=O)(=O)C1C=C(Cl)C=C(Cl)C1. The molecule has 2 aromatic heterocycles. The summed E-state index contributed by atoms with van der Waals surface area (Å²) in [4.78, 5) is 11.6. The van der Waals surface area contributed by atoms with Gasteiger partial charge < -0.3 is 15.5 Å². The molecule has 3 aromatic rings. The topological polar surface area (TPSA) is 138 Å². The van der Waals surface area contributed by atoms with Gasteiger partial charge >= 0.3 is 5.97 Å². The Morgan fingerprint density at radius 3 is 2.66 bits per heavy atom. The Bertz CT molecular complexity index is 1420. The zero-order valence-corrected chi connectivity index (χ0v) is 20.5. The summed E-state index contributed by atoms with van der Waals surface area (Å²) in [5.41, 5.74) is 0.917. The van der Waals surface area contributed by atoms with Gasteiger partial charge in [0.2, 0.25) is 10.0 Å². The van der Waals surface area contributed by atoms with Crippen LogP contribution in [0.25, 0.3) is 16.7 Å². The number of halogens is 2. The number of aromatic nitrogens is 3. The minimum atomic E-state index is -4.15. The normalized spacial score (nSPS) is 16.0. The van der Waals surface area contributed by atoms with E-state index in [0.717, 1.165) is 9.82 Å². The van der Waals surface area contributed by atoms with Gasteiger partial charge in [-0.05, 0) is 48.6 Å². The Kier molecular flexibility index (Phi) is 7.31. The number of sulfonamides is 1. The summed E-state index contributed by atoms with van der Waals surface area (Å²) in [5, 5.41) is 29.5. The number of benzene rings is 1. The van der Waals surface area contributed by atoms with Crippen molar-refractivity contribution >= 4 is 61.6 Å². The van der Waals surface area contributed by atoms with Gasteiger partial charge in [-0.25, -0.2) is 8.42 Å². The molecule has 4 rings (SSSR count). The van der Waals surface area contributed by atoms with Crippen LogP contribution >= 0.6 is 23.2 Å². The lowest BCUT2D eigenvalue weighted by Crippen LogP contribution is -2.41. The number of nitrogens with one attached hydrogen (secondary N) is 1. The van der Waals surface area contributed by atoms with Crippen molar-refractivity contribution in [2.24, 2.45) is 0 Å². The van der Waals surface area contributed by atoms with Crippen LogP contribution in [0.15, 0.2) is 64.8 Å². The quantitative estimate of drug-likeness (QED) is 0.378. The fraction of sp³-hybridized carbons (Fsp3) is 0.227. The predicted molar refractivity (Wildman–Crippen MR) is 135 cm³/mol. The molecular weight excluding hydrogens is 517 g/mol. The van der Waals surface area contributed by atoms with Gasteiger partial charge in [0, 0.05) is 34.6 Å². The van der Waals surface area contributed by atoms with E-state index in [4.69, 9.17) is 28.3 Å². The minimum Gasteiger partial charge on any atom is -0.480 e. The summed E-state index contributed by atoms with van der Waals surface area (Å²) in [5.74, 6) is -0.257. The summed E-state index contributed by atoms with van der Waals surface area (Å²) in [6, 6.07) is 10.1. The molecule has 1 aliphatic rings. The van der Waals surface area contributed by atoms with E-state index >= 15 is 0 Å². The molecular formula is C22H21Cl2N5O5S. The lowest BCUT2D eigenvalue weighted by atomic mass is 10.2. The molecule has 1 unspecified atom stereocenters. The number of rotatable bonds is 9. The van der Waals surface area contributed by atoms with E-state index in [1.807, 2.05) is 0 Å². The van der Waals surface area contributed by atoms with Crippen LogP contribution in [0.4, 0.5) is 11.5 Å². The van der Waals surface area contributed by atoms with Crippen LogP contribution in [0.5, 0.6) is 0 Å². The van der Waals surface area contributed by atoms with Gasteiger partial charge in [-0.3, -0.25) is 13.7 Å². The molecule has 0 fully saturated rings. The number of carboxylic acids is 1. The lowest BCUT2D eigenvalue weighted by Gasteiger charge is -2.28. The average Bonchev–Trinajstić information content (AvgIpc) is 3.24. The van der Waals surface area contributed by atoms with Crippen LogP contribution in [-0.2, 0) is 14.8 Å². The molecule has 10 nitrogen and oxygen atoms in total. The van der Waals surface area contributed by atoms with Gasteiger partial charge in [0.25, 0.3) is 0 Å². The molecule has 184 valence electrons. The number of hydrogen-bond donors (Lipinski definition) is 3. The van der Waals surface area contributed by atoms with E-state index in [1.165, 1.54) is 18.2 Å². The highest BCUT2D eigenvalue weighted by molar-refractivity contribution is 7.93. The number of aliphatic carboxylic acids is 1. The number of aliphatic hydroxyl groups excluding tert-OH is 1. The summed E-state index contributed by atoms with van der Waals surface area (Å²) < 4.78 is 29.4. The summed E-state index contributed by atoms with van der Waals surface area (Å²) in [7, 11) is -4.15. The predicted octanol–water partition coefficient (Wildman–Crippen LogP) is 3.06. The maximum Gasteiger partial charge on any atom is 0.324 e. The van der Waals surface area contributed by atoms with Gasteiger partial charge in [0.05, 0.1) is 17.8 Å². The Labute approximate surface area is 211 Å². The van der Waals surface area contributed by atoms with Crippen molar-refractivity contribution in [1.29, 1.82) is 0 Å². The highest BCUT2D eigenvalue weighted by Crippen LogP contribution is 2.32. The van der Waals surface area contributed by atoms with Crippen LogP contribution < -0.4 is 9.62 Å². The third kappa shape index (κ3) is 5.43. The zero-order chi connectivity index (χ0) is 25.2. The molecule has 0 radical (unpaired) electrons. The Morgan fingerprint density at radius 1 is 1.20 bits per heavy atom. The van der Waals surface area contributed by atoms with Crippen LogP contribution in [-0.4, -0.2) is 64.3 Å². The van der Waals surface area contributed by atoms with Crippen molar-refractivity contribution in [1.82, 2.24) is 14.8 Å². The second-order valence-electron chi connectivity index (χ2n) is 7.69. The molecule has 35 heavy (non-hydrogen) atoms. The molecule has 0 aliphatic heterocycles. The second kappa shape index (κ2) is 10.2. The molecule has 1 atom stereocenters. The Morgan fingerprint density at radius 2 is 2.00 bits per heavy atom. The van der Waals surface area contributed by atoms with Crippen molar-refractivity contribution < 1.29 is 23.4 Å². The van der Waals surface area contributed by atoms with E-state index in [0.29, 0.717) is 23.6 Å². The van der Waals surface area contributed by atoms with E-state index in [2.05, 4.69) is 15.5 Å². The summed E-state index contributed by atoms with van der Waals surface area (Å²) in [6.45, 7) is -0.438. The van der Waals surface area contributed by atoms with Gasteiger partial charge in [0.15, 0.2) is 5.82 Å². The minimum absolute atomic E-state index is 0.00330. The zero-order valence-electron chi connectivity index (χ0n) is 18.2. The van der Waals surface area contributed by atoms with Gasteiger partial charge in [-0.2, -0.15) is 0 Å². The second-order valence-corrected chi connectivity index (χ2v) is 10.7. The number of nitrogens with zero attached hydrogens (tertiary/aromatic N) is 4. The third-order valence-corrected chi connectivity index (χ3v) is 7.80. The summed E-state index contributed by atoms with van der Waals surface area (Å²) in [6.07, 6.45) is 4.56. The van der Waals surface area contributed by atoms with Crippen LogP contribution in [0.3, 0.4) is 0 Å². The van der Waals surface area contributed by atoms with Crippen molar-refractivity contribution in [3.63, 3.8) is 0 Å². The first kappa shape index (κ1) is 25.0. The fourth-order valence-corrected chi connectivity index (χ4v) is 6.23. The first-order chi connectivity index (χ1) is 16.7. The third-order valence-electron chi connectivity index (χ3n) is 5.28. The standard InChI is InChI=1S/C22H21Cl2N5O5S/c23-15-10-16(24)12-18(11-15)35(33,34)29(13-22(31)32)17-1-2-19-14(9-17)5-7-28(19)21-4-3-20(26-27-21)25-6-8-30/h1-5,7,9-11,18,30H,6,8,12-13H2,(H,25,26)(H,31,32). The molecule has 13 heteroatoms. The molecule has 0 amide bonds. The van der Waals surface area contributed by atoms with Gasteiger partial charge in [0.1, 0.15) is 17.6 Å². The molecule has 0 saturated carbocycles. The van der Waals surface area contributed by atoms with Crippen molar-refractivity contribution in [3.8, 4) is 5.82 Å². The molecule has 0 saturated heterocycles. The number of allylic oxidation sites excluding steroid dienone is 3. The average molecular weight is 538 g/mol.